The minimum Gasteiger partial charge on any atom is -0.345 e. The summed E-state index contributed by atoms with van der Waals surface area (Å²) in [6.45, 7) is 5.65. The molecule has 3 heterocycles. The topological polar surface area (TPSA) is 117 Å². The van der Waals surface area contributed by atoms with Crippen LogP contribution < -0.4 is 5.32 Å². The third-order valence-electron chi connectivity index (χ3n) is 6.43. The van der Waals surface area contributed by atoms with Crippen LogP contribution in [-0.2, 0) is 15.7 Å². The average Bonchev–Trinajstić information content (AvgIpc) is 3.34. The molecule has 0 unspecified atom stereocenters. The van der Waals surface area contributed by atoms with E-state index in [-0.39, 0.29) is 11.9 Å². The van der Waals surface area contributed by atoms with E-state index < -0.39 is 16.9 Å². The van der Waals surface area contributed by atoms with Gasteiger partial charge in [0, 0.05) is 29.9 Å². The van der Waals surface area contributed by atoms with Crippen molar-refractivity contribution in [1.82, 2.24) is 15.2 Å². The van der Waals surface area contributed by atoms with E-state index in [2.05, 4.69) is 22.4 Å². The number of rotatable bonds is 4. The Morgan fingerprint density at radius 3 is 2.53 bits per heavy atom. The van der Waals surface area contributed by atoms with Crippen LogP contribution >= 0.6 is 11.3 Å². The molecule has 1 amide bonds. The Balaban J connectivity index is 1.79. The first-order valence-electron chi connectivity index (χ1n) is 10.7. The highest BCUT2D eigenvalue weighted by Crippen LogP contribution is 2.44. The van der Waals surface area contributed by atoms with Crippen LogP contribution in [0.4, 0.5) is 0 Å². The lowest BCUT2D eigenvalue weighted by atomic mass is 9.76. The highest BCUT2D eigenvalue weighted by molar-refractivity contribution is 7.10. The van der Waals surface area contributed by atoms with Crippen molar-refractivity contribution in [2.24, 2.45) is 0 Å². The number of carbonyl (C=O) groups is 1. The second-order valence-electron chi connectivity index (χ2n) is 9.14. The minimum absolute atomic E-state index is 0.0362. The van der Waals surface area contributed by atoms with Crippen LogP contribution in [0, 0.1) is 28.1 Å². The summed E-state index contributed by atoms with van der Waals surface area (Å²) in [5.41, 5.74) is 2.37. The Kier molecular flexibility index (Phi) is 5.72. The third-order valence-corrected chi connectivity index (χ3v) is 7.59. The number of nitriles is 2. The summed E-state index contributed by atoms with van der Waals surface area (Å²) in [5.74, 6) is -0.725. The van der Waals surface area contributed by atoms with Gasteiger partial charge >= 0.3 is 0 Å². The number of carbonyl (C=O) groups excluding carboxylic acids is 1. The van der Waals surface area contributed by atoms with Gasteiger partial charge in [-0.25, -0.2) is 0 Å². The first kappa shape index (κ1) is 23.2. The van der Waals surface area contributed by atoms with Crippen molar-refractivity contribution in [2.75, 3.05) is 7.05 Å². The summed E-state index contributed by atoms with van der Waals surface area (Å²) in [7, 11) is 1.59. The molecule has 1 aromatic carbocycles. The van der Waals surface area contributed by atoms with Crippen molar-refractivity contribution in [3.8, 4) is 23.3 Å². The van der Waals surface area contributed by atoms with Crippen molar-refractivity contribution in [1.29, 1.82) is 15.9 Å². The molecule has 170 valence electrons. The van der Waals surface area contributed by atoms with Gasteiger partial charge in [0.2, 0.25) is 5.91 Å². The fourth-order valence-corrected chi connectivity index (χ4v) is 5.27. The summed E-state index contributed by atoms with van der Waals surface area (Å²) < 4.78 is 0. The van der Waals surface area contributed by atoms with Crippen LogP contribution in [0.2, 0.25) is 0 Å². The molecule has 34 heavy (non-hydrogen) atoms. The van der Waals surface area contributed by atoms with Gasteiger partial charge in [0.25, 0.3) is 0 Å². The summed E-state index contributed by atoms with van der Waals surface area (Å²) in [5, 5.41) is 32.3. The van der Waals surface area contributed by atoms with Gasteiger partial charge in [-0.2, -0.15) is 10.5 Å². The van der Waals surface area contributed by atoms with Crippen molar-refractivity contribution in [2.45, 2.75) is 37.6 Å². The molecule has 0 radical (unpaired) electrons. The van der Waals surface area contributed by atoms with Crippen LogP contribution in [0.25, 0.3) is 11.1 Å². The molecular weight excluding hydrogens is 444 g/mol. The molecule has 2 N–H and O–H groups in total. The molecule has 3 aromatic rings. The lowest BCUT2D eigenvalue weighted by molar-refractivity contribution is -0.131. The standard InChI is InChI=1S/C26H24N6OS/c1-25(2,15-28)20-7-5-17(6-8-20)22-23(33)32(4)24(29)31-26(22,3)21-10-19(14-34-21)18-9-16(11-27)12-30-13-18/h5-10,12-14,22H,1-4H3,(H2,29,31)/t22-,26+/m0/s1. The maximum atomic E-state index is 13.5. The summed E-state index contributed by atoms with van der Waals surface area (Å²) >= 11 is 1.49. The van der Waals surface area contributed by atoms with Gasteiger partial charge in [-0.3, -0.25) is 20.1 Å². The molecule has 2 aromatic heterocycles. The van der Waals surface area contributed by atoms with E-state index in [0.29, 0.717) is 5.56 Å². The van der Waals surface area contributed by atoms with Gasteiger partial charge in [0.1, 0.15) is 6.07 Å². The van der Waals surface area contributed by atoms with E-state index in [4.69, 9.17) is 5.41 Å². The van der Waals surface area contributed by atoms with Crippen LogP contribution in [0.3, 0.4) is 0 Å². The third kappa shape index (κ3) is 3.83. The van der Waals surface area contributed by atoms with Crippen LogP contribution in [0.5, 0.6) is 0 Å². The predicted octanol–water partition coefficient (Wildman–Crippen LogP) is 4.48. The Morgan fingerprint density at radius 1 is 1.18 bits per heavy atom. The normalized spacial score (nSPS) is 20.4. The lowest BCUT2D eigenvalue weighted by Crippen LogP contribution is -2.62. The first-order valence-corrected chi connectivity index (χ1v) is 11.6. The monoisotopic (exact) mass is 468 g/mol. The summed E-state index contributed by atoms with van der Waals surface area (Å²) in [6.07, 6.45) is 3.22. The number of benzene rings is 1. The second-order valence-corrected chi connectivity index (χ2v) is 10.0. The van der Waals surface area contributed by atoms with Gasteiger partial charge in [-0.1, -0.05) is 24.3 Å². The Hall–Kier alpha value is -4.01. The number of nitrogens with zero attached hydrogens (tertiary/aromatic N) is 4. The minimum atomic E-state index is -0.865. The molecule has 7 nitrogen and oxygen atoms in total. The lowest BCUT2D eigenvalue weighted by Gasteiger charge is -2.45. The van der Waals surface area contributed by atoms with E-state index in [1.165, 1.54) is 22.4 Å². The van der Waals surface area contributed by atoms with E-state index in [9.17, 15) is 15.3 Å². The first-order chi connectivity index (χ1) is 16.1. The second kappa shape index (κ2) is 8.40. The maximum Gasteiger partial charge on any atom is 0.239 e. The van der Waals surface area contributed by atoms with E-state index in [1.54, 1.807) is 19.3 Å². The van der Waals surface area contributed by atoms with Crippen molar-refractivity contribution < 1.29 is 4.79 Å². The molecule has 2 atom stereocenters. The number of aromatic nitrogens is 1. The molecule has 0 aliphatic carbocycles. The van der Waals surface area contributed by atoms with Crippen LogP contribution in [0.15, 0.2) is 54.2 Å². The molecule has 8 heteroatoms. The quantitative estimate of drug-likeness (QED) is 0.586. The zero-order valence-electron chi connectivity index (χ0n) is 19.4. The van der Waals surface area contributed by atoms with Crippen molar-refractivity contribution >= 4 is 23.2 Å². The van der Waals surface area contributed by atoms with Crippen molar-refractivity contribution in [3.05, 3.63) is 75.7 Å². The van der Waals surface area contributed by atoms with Crippen LogP contribution in [0.1, 0.15) is 48.3 Å². The zero-order valence-corrected chi connectivity index (χ0v) is 20.2. The van der Waals surface area contributed by atoms with Gasteiger partial charge in [0.05, 0.1) is 28.5 Å². The largest absolute Gasteiger partial charge is 0.345 e. The molecule has 1 fully saturated rings. The van der Waals surface area contributed by atoms with Gasteiger partial charge < -0.3 is 5.32 Å². The van der Waals surface area contributed by atoms with Crippen LogP contribution in [-0.4, -0.2) is 28.8 Å². The van der Waals surface area contributed by atoms with E-state index in [0.717, 1.165) is 27.1 Å². The van der Waals surface area contributed by atoms with Gasteiger partial charge in [-0.15, -0.1) is 11.3 Å². The molecule has 0 saturated carbocycles. The zero-order chi connectivity index (χ0) is 24.7. The fraction of sp³-hybridized carbons (Fsp3) is 0.269. The van der Waals surface area contributed by atoms with Crippen molar-refractivity contribution in [3.63, 3.8) is 0 Å². The molecule has 1 saturated heterocycles. The number of hydrogen-bond acceptors (Lipinski definition) is 6. The number of thiophene rings is 1. The average molecular weight is 469 g/mol. The Bertz CT molecular complexity index is 1360. The molecule has 1 aliphatic heterocycles. The number of guanidine groups is 1. The van der Waals surface area contributed by atoms with Gasteiger partial charge in [0.15, 0.2) is 5.96 Å². The maximum absolute atomic E-state index is 13.5. The number of amides is 1. The molecule has 0 bridgehead atoms. The molecule has 0 spiro atoms. The molecule has 1 aliphatic rings. The smallest absolute Gasteiger partial charge is 0.239 e. The van der Waals surface area contributed by atoms with E-state index in [1.807, 2.05) is 56.5 Å². The highest BCUT2D eigenvalue weighted by Gasteiger charge is 2.49. The van der Waals surface area contributed by atoms with Gasteiger partial charge in [-0.05, 0) is 55.0 Å². The number of hydrogen-bond donors (Lipinski definition) is 2. The fourth-order valence-electron chi connectivity index (χ4n) is 4.21. The number of likely N-dealkylation sites (N-methyl/N-ethyl adjacent to an activating group) is 1. The Morgan fingerprint density at radius 2 is 1.88 bits per heavy atom. The number of pyridine rings is 1. The Labute approximate surface area is 202 Å². The summed E-state index contributed by atoms with van der Waals surface area (Å²) in [4.78, 5) is 19.8. The summed E-state index contributed by atoms with van der Waals surface area (Å²) in [6, 6.07) is 15.8. The van der Waals surface area contributed by atoms with E-state index >= 15 is 0 Å². The SMILES string of the molecule is CN1C(=N)N[C@](C)(c2cc(-c3cncc(C#N)c3)cs2)[C@@H](c2ccc(C(C)(C)C#N)cc2)C1=O. The molecular formula is C26H24N6OS. The molecule has 4 rings (SSSR count). The number of nitrogens with one attached hydrogen (secondary N) is 2. The predicted molar refractivity (Wildman–Crippen MR) is 131 cm³/mol. The highest BCUT2D eigenvalue weighted by atomic mass is 32.1.